The minimum absolute atomic E-state index is 0.0263. The van der Waals surface area contributed by atoms with E-state index in [1.807, 2.05) is 0 Å². The molecule has 2 aromatic rings. The van der Waals surface area contributed by atoms with E-state index in [9.17, 15) is 19.8 Å². The number of hydrogen-bond acceptors (Lipinski definition) is 5. The first-order chi connectivity index (χ1) is 12.0. The van der Waals surface area contributed by atoms with Crippen molar-refractivity contribution in [1.29, 1.82) is 0 Å². The van der Waals surface area contributed by atoms with Crippen molar-refractivity contribution in [2.45, 2.75) is 6.04 Å². The molecule has 0 saturated carbocycles. The van der Waals surface area contributed by atoms with Crippen molar-refractivity contribution in [3.63, 3.8) is 0 Å². The van der Waals surface area contributed by atoms with Gasteiger partial charge in [-0.05, 0) is 35.9 Å². The Labute approximate surface area is 149 Å². The normalized spacial score (nSPS) is 19.4. The van der Waals surface area contributed by atoms with Gasteiger partial charge in [-0.3, -0.25) is 14.6 Å². The number of nitrogens with zero attached hydrogens (tertiary/aromatic N) is 2. The third-order valence-electron chi connectivity index (χ3n) is 4.00. The van der Waals surface area contributed by atoms with Crippen LogP contribution >= 0.6 is 11.6 Å². The van der Waals surface area contributed by atoms with E-state index < -0.39 is 17.7 Å². The van der Waals surface area contributed by atoms with E-state index in [0.717, 1.165) is 0 Å². The lowest BCUT2D eigenvalue weighted by Gasteiger charge is -2.24. The highest BCUT2D eigenvalue weighted by Gasteiger charge is 2.45. The number of likely N-dealkylation sites (tertiary alicyclic amines) is 1. The van der Waals surface area contributed by atoms with E-state index >= 15 is 0 Å². The van der Waals surface area contributed by atoms with Gasteiger partial charge in [0.25, 0.3) is 11.7 Å². The Morgan fingerprint density at radius 2 is 1.92 bits per heavy atom. The van der Waals surface area contributed by atoms with E-state index in [2.05, 4.69) is 4.98 Å². The number of rotatable bonds is 4. The number of Topliss-reactive ketones (excluding diaryl/α,β-unsaturated/α-hetero) is 1. The molecule has 3 rings (SSSR count). The Bertz CT molecular complexity index is 834. The van der Waals surface area contributed by atoms with Crippen molar-refractivity contribution in [3.8, 4) is 0 Å². The topological polar surface area (TPSA) is 90.7 Å². The average molecular weight is 359 g/mol. The molecule has 7 heteroatoms. The number of β-amino-alcohol motifs (C(OH)–C–C–N with tert-alkyl or cyclic N) is 1. The summed E-state index contributed by atoms with van der Waals surface area (Å²) < 4.78 is 0. The highest BCUT2D eigenvalue weighted by Crippen LogP contribution is 2.38. The van der Waals surface area contributed by atoms with E-state index in [1.54, 1.807) is 42.6 Å². The number of hydrogen-bond donors (Lipinski definition) is 2. The maximum Gasteiger partial charge on any atom is 0.295 e. The van der Waals surface area contributed by atoms with Crippen LogP contribution in [-0.2, 0) is 9.59 Å². The van der Waals surface area contributed by atoms with Gasteiger partial charge >= 0.3 is 0 Å². The first kappa shape index (κ1) is 17.1. The van der Waals surface area contributed by atoms with Crippen LogP contribution in [0.3, 0.4) is 0 Å². The summed E-state index contributed by atoms with van der Waals surface area (Å²) in [6, 6.07) is 8.88. The van der Waals surface area contributed by atoms with Crippen molar-refractivity contribution < 1.29 is 19.8 Å². The van der Waals surface area contributed by atoms with E-state index in [0.29, 0.717) is 16.1 Å². The van der Waals surface area contributed by atoms with Gasteiger partial charge in [0.15, 0.2) is 0 Å². The Balaban J connectivity index is 2.17. The first-order valence-corrected chi connectivity index (χ1v) is 7.97. The molecule has 0 spiro atoms. The summed E-state index contributed by atoms with van der Waals surface area (Å²) in [5.41, 5.74) is 0.916. The van der Waals surface area contributed by atoms with Crippen LogP contribution in [0.1, 0.15) is 17.2 Å². The molecule has 6 nitrogen and oxygen atoms in total. The molecular weight excluding hydrogens is 344 g/mol. The monoisotopic (exact) mass is 358 g/mol. The number of aliphatic hydroxyl groups excluding tert-OH is 2. The molecule has 1 aromatic heterocycles. The number of benzene rings is 1. The third kappa shape index (κ3) is 3.14. The van der Waals surface area contributed by atoms with Gasteiger partial charge in [0, 0.05) is 29.5 Å². The number of ketones is 1. The summed E-state index contributed by atoms with van der Waals surface area (Å²) in [6.45, 7) is -0.327. The molecule has 0 radical (unpaired) electrons. The average Bonchev–Trinajstić information content (AvgIpc) is 2.88. The van der Waals surface area contributed by atoms with Gasteiger partial charge in [0.05, 0.1) is 18.2 Å². The Kier molecular flexibility index (Phi) is 4.83. The molecule has 0 aliphatic carbocycles. The van der Waals surface area contributed by atoms with Crippen LogP contribution in [0, 0.1) is 0 Å². The quantitative estimate of drug-likeness (QED) is 0.496. The van der Waals surface area contributed by atoms with Crippen molar-refractivity contribution in [1.82, 2.24) is 9.88 Å². The van der Waals surface area contributed by atoms with Crippen molar-refractivity contribution in [2.75, 3.05) is 13.2 Å². The van der Waals surface area contributed by atoms with Gasteiger partial charge in [-0.1, -0.05) is 17.7 Å². The fourth-order valence-electron chi connectivity index (χ4n) is 2.87. The lowest BCUT2D eigenvalue weighted by Crippen LogP contribution is -2.32. The highest BCUT2D eigenvalue weighted by atomic mass is 35.5. The molecule has 1 aliphatic heterocycles. The van der Waals surface area contributed by atoms with Gasteiger partial charge in [0.1, 0.15) is 5.76 Å². The zero-order valence-electron chi connectivity index (χ0n) is 13.1. The van der Waals surface area contributed by atoms with Gasteiger partial charge in [0.2, 0.25) is 0 Å². The largest absolute Gasteiger partial charge is 0.507 e. The summed E-state index contributed by atoms with van der Waals surface area (Å²) in [4.78, 5) is 30.1. The van der Waals surface area contributed by atoms with E-state index in [4.69, 9.17) is 11.6 Å². The summed E-state index contributed by atoms with van der Waals surface area (Å²) in [7, 11) is 0. The molecule has 1 aliphatic rings. The molecule has 128 valence electrons. The number of pyridine rings is 1. The van der Waals surface area contributed by atoms with Crippen LogP contribution in [0.4, 0.5) is 0 Å². The zero-order chi connectivity index (χ0) is 18.0. The molecule has 0 bridgehead atoms. The number of halogens is 1. The Morgan fingerprint density at radius 3 is 2.52 bits per heavy atom. The maximum atomic E-state index is 12.5. The van der Waals surface area contributed by atoms with E-state index in [1.165, 1.54) is 11.1 Å². The summed E-state index contributed by atoms with van der Waals surface area (Å²) in [5.74, 6) is -1.85. The molecule has 1 saturated heterocycles. The third-order valence-corrected chi connectivity index (χ3v) is 4.25. The highest BCUT2D eigenvalue weighted by molar-refractivity contribution is 6.46. The van der Waals surface area contributed by atoms with Gasteiger partial charge in [-0.15, -0.1) is 0 Å². The molecule has 25 heavy (non-hydrogen) atoms. The molecule has 1 fully saturated rings. The minimum Gasteiger partial charge on any atom is -0.507 e. The molecule has 1 atom stereocenters. The van der Waals surface area contributed by atoms with Crippen LogP contribution in [0.15, 0.2) is 54.4 Å². The van der Waals surface area contributed by atoms with Crippen molar-refractivity contribution in [3.05, 3.63) is 70.5 Å². The fourth-order valence-corrected chi connectivity index (χ4v) is 2.99. The molecule has 1 amide bonds. The smallest absolute Gasteiger partial charge is 0.295 e. The minimum atomic E-state index is -0.809. The first-order valence-electron chi connectivity index (χ1n) is 7.59. The number of amides is 1. The number of aromatic nitrogens is 1. The predicted octanol–water partition coefficient (Wildman–Crippen LogP) is 2.15. The van der Waals surface area contributed by atoms with Crippen LogP contribution in [0.25, 0.3) is 5.76 Å². The van der Waals surface area contributed by atoms with E-state index in [-0.39, 0.29) is 24.5 Å². The number of carbonyl (C=O) groups excluding carboxylic acids is 2. The standard InChI is InChI=1S/C18H15ClN2O4/c19-13-5-3-11(4-6-13)16(23)14-15(12-2-1-7-20-10-12)21(8-9-22)18(25)17(14)24/h1-7,10,15,22-23H,8-9H2/b16-14+/t15-/m0/s1. The maximum absolute atomic E-state index is 12.5. The van der Waals surface area contributed by atoms with Crippen LogP contribution in [-0.4, -0.2) is 44.9 Å². The summed E-state index contributed by atoms with van der Waals surface area (Å²) in [6.07, 6.45) is 3.09. The molecule has 0 unspecified atom stereocenters. The summed E-state index contributed by atoms with van der Waals surface area (Å²) >= 11 is 5.85. The predicted molar refractivity (Wildman–Crippen MR) is 91.8 cm³/mol. The molecule has 1 aromatic carbocycles. The van der Waals surface area contributed by atoms with Gasteiger partial charge in [-0.2, -0.15) is 0 Å². The summed E-state index contributed by atoms with van der Waals surface area (Å²) in [5, 5.41) is 20.4. The lowest BCUT2D eigenvalue weighted by molar-refractivity contribution is -0.140. The SMILES string of the molecule is O=C1C(=O)N(CCO)[C@@H](c2cccnc2)/C1=C(\O)c1ccc(Cl)cc1. The van der Waals surface area contributed by atoms with Crippen molar-refractivity contribution in [2.24, 2.45) is 0 Å². The van der Waals surface area contributed by atoms with Crippen LogP contribution < -0.4 is 0 Å². The van der Waals surface area contributed by atoms with Crippen LogP contribution in [0.2, 0.25) is 5.02 Å². The van der Waals surface area contributed by atoms with Crippen molar-refractivity contribution >= 4 is 29.1 Å². The number of carbonyl (C=O) groups is 2. The molecule has 2 N–H and O–H groups in total. The Morgan fingerprint density at radius 1 is 1.20 bits per heavy atom. The zero-order valence-corrected chi connectivity index (χ0v) is 13.8. The second-order valence-corrected chi connectivity index (χ2v) is 5.95. The van der Waals surface area contributed by atoms with Crippen LogP contribution in [0.5, 0.6) is 0 Å². The second kappa shape index (κ2) is 7.04. The Hall–Kier alpha value is -2.70. The number of aliphatic hydroxyl groups is 2. The van der Waals surface area contributed by atoms with Gasteiger partial charge in [-0.25, -0.2) is 0 Å². The fraction of sp³-hybridized carbons (Fsp3) is 0.167. The molecular formula is C18H15ClN2O4. The van der Waals surface area contributed by atoms with Gasteiger partial charge < -0.3 is 15.1 Å². The second-order valence-electron chi connectivity index (χ2n) is 5.51. The lowest BCUT2D eigenvalue weighted by atomic mass is 9.96. The molecule has 2 heterocycles.